The Morgan fingerprint density at radius 3 is 1.69 bits per heavy atom. The van der Waals surface area contributed by atoms with Crippen LogP contribution in [-0.4, -0.2) is 8.99 Å². The zero-order chi connectivity index (χ0) is 12.7. The number of alkyl halides is 2. The predicted octanol–water partition coefficient (Wildman–Crippen LogP) is 6.35. The second-order valence-electron chi connectivity index (χ2n) is 4.22. The van der Waals surface area contributed by atoms with Crippen molar-refractivity contribution in [2.75, 3.05) is 0 Å². The van der Waals surface area contributed by atoms with Crippen LogP contribution in [0.25, 0.3) is 0 Å². The third-order valence-corrected chi connectivity index (χ3v) is 8.94. The highest BCUT2D eigenvalue weighted by Gasteiger charge is 2.71. The van der Waals surface area contributed by atoms with Crippen molar-refractivity contribution in [3.8, 4) is 0 Å². The van der Waals surface area contributed by atoms with E-state index in [-0.39, 0.29) is 5.92 Å². The molecule has 8 heteroatoms. The van der Waals surface area contributed by atoms with Gasteiger partial charge in [-0.05, 0) is 18.8 Å². The summed E-state index contributed by atoms with van der Waals surface area (Å²) in [7, 11) is -9.44. The fourth-order valence-electron chi connectivity index (χ4n) is 1.91. The van der Waals surface area contributed by atoms with Gasteiger partial charge in [0.2, 0.25) is 0 Å². The van der Waals surface area contributed by atoms with Gasteiger partial charge in [0.1, 0.15) is 0 Å². The molecule has 1 rings (SSSR count). The molecular weight excluding hydrogens is 383 g/mol. The summed E-state index contributed by atoms with van der Waals surface area (Å²) < 4.78 is 59.9. The molecule has 0 heterocycles. The van der Waals surface area contributed by atoms with Crippen molar-refractivity contribution in [2.45, 2.75) is 41.1 Å². The van der Waals surface area contributed by atoms with Crippen molar-refractivity contribution in [2.24, 2.45) is 5.92 Å². The lowest BCUT2D eigenvalue weighted by atomic mass is 9.87. The summed E-state index contributed by atoms with van der Waals surface area (Å²) in [6.07, 6.45) is 3.75. The first-order valence-corrected chi connectivity index (χ1v) is 8.77. The summed E-state index contributed by atoms with van der Waals surface area (Å²) in [6, 6.07) is 0. The highest BCUT2D eigenvalue weighted by Crippen LogP contribution is 3.01. The molecule has 0 saturated heterocycles. The van der Waals surface area contributed by atoms with Crippen molar-refractivity contribution >= 4 is 42.1 Å². The minimum absolute atomic E-state index is 0.332. The molecule has 0 nitrogen and oxygen atoms in total. The normalized spacial score (nSPS) is 27.9. The molecule has 0 N–H and O–H groups in total. The lowest BCUT2D eigenvalue weighted by molar-refractivity contribution is 0.322. The summed E-state index contributed by atoms with van der Waals surface area (Å²) >= 11 is 4.94. The molecular formula is C8H13Br2F5S. The highest BCUT2D eigenvalue weighted by molar-refractivity contribution is 9.14. The van der Waals surface area contributed by atoms with E-state index in [1.807, 2.05) is 0 Å². The molecule has 16 heavy (non-hydrogen) atoms. The molecule has 2 atom stereocenters. The topological polar surface area (TPSA) is 0 Å². The van der Waals surface area contributed by atoms with Crippen LogP contribution in [0.3, 0.4) is 0 Å². The summed E-state index contributed by atoms with van der Waals surface area (Å²) in [5, 5.41) is 0. The molecule has 0 aromatic heterocycles. The van der Waals surface area contributed by atoms with Gasteiger partial charge in [0.05, 0.1) is 0 Å². The average molecular weight is 396 g/mol. The lowest BCUT2D eigenvalue weighted by Crippen LogP contribution is -2.34. The zero-order valence-electron chi connectivity index (χ0n) is 8.32. The van der Waals surface area contributed by atoms with Gasteiger partial charge >= 0.3 is 0 Å². The maximum atomic E-state index is 12.5. The van der Waals surface area contributed by atoms with E-state index in [4.69, 9.17) is 0 Å². The second kappa shape index (κ2) is 3.98. The fourth-order valence-corrected chi connectivity index (χ4v) is 4.81. The van der Waals surface area contributed by atoms with E-state index < -0.39 is 19.2 Å². The van der Waals surface area contributed by atoms with Crippen molar-refractivity contribution in [3.05, 3.63) is 0 Å². The minimum atomic E-state index is -9.44. The number of halogens is 7. The SMILES string of the molecule is FS(F)(F)(F)(F)C(Br)C(Br)C1CCCCC1. The zero-order valence-corrected chi connectivity index (χ0v) is 12.3. The van der Waals surface area contributed by atoms with E-state index in [2.05, 4.69) is 31.9 Å². The molecule has 0 aliphatic heterocycles. The molecule has 0 bridgehead atoms. The van der Waals surface area contributed by atoms with Crippen LogP contribution in [-0.2, 0) is 0 Å². The molecule has 0 aromatic rings. The Kier molecular flexibility index (Phi) is 3.74. The molecule has 1 aliphatic carbocycles. The van der Waals surface area contributed by atoms with E-state index in [0.717, 1.165) is 19.3 Å². The largest absolute Gasteiger partial charge is 0.297 e. The van der Waals surface area contributed by atoms with Gasteiger partial charge in [0.15, 0.2) is 4.16 Å². The van der Waals surface area contributed by atoms with Crippen molar-refractivity contribution in [1.82, 2.24) is 0 Å². The van der Waals surface area contributed by atoms with E-state index >= 15 is 0 Å². The highest BCUT2D eigenvalue weighted by atomic mass is 79.9. The number of hydrogen-bond acceptors (Lipinski definition) is 0. The fraction of sp³-hybridized carbons (Fsp3) is 1.00. The molecule has 0 radical (unpaired) electrons. The quantitative estimate of drug-likeness (QED) is 0.385. The van der Waals surface area contributed by atoms with Crippen LogP contribution in [0.4, 0.5) is 19.4 Å². The summed E-state index contributed by atoms with van der Waals surface area (Å²) in [5.74, 6) is -0.332. The van der Waals surface area contributed by atoms with Crippen LogP contribution in [0.1, 0.15) is 32.1 Å². The lowest BCUT2D eigenvalue weighted by Gasteiger charge is -2.47. The van der Waals surface area contributed by atoms with Gasteiger partial charge in [-0.1, -0.05) is 70.6 Å². The summed E-state index contributed by atoms with van der Waals surface area (Å²) in [4.78, 5) is -1.25. The average Bonchev–Trinajstić information content (AvgIpc) is 2.13. The number of rotatable bonds is 3. The molecule has 0 aromatic carbocycles. The van der Waals surface area contributed by atoms with Crippen LogP contribution in [0.2, 0.25) is 0 Å². The Balaban J connectivity index is 2.78. The van der Waals surface area contributed by atoms with Crippen molar-refractivity contribution < 1.29 is 19.4 Å². The molecule has 1 saturated carbocycles. The molecule has 1 aliphatic rings. The van der Waals surface area contributed by atoms with Gasteiger partial charge in [0.25, 0.3) is 10.2 Å². The maximum absolute atomic E-state index is 12.5. The summed E-state index contributed by atoms with van der Waals surface area (Å²) in [5.41, 5.74) is 0. The van der Waals surface area contributed by atoms with Crippen LogP contribution in [0.5, 0.6) is 0 Å². The monoisotopic (exact) mass is 394 g/mol. The van der Waals surface area contributed by atoms with Gasteiger partial charge < -0.3 is 0 Å². The molecule has 0 amide bonds. The van der Waals surface area contributed by atoms with Gasteiger partial charge in [-0.2, -0.15) is 0 Å². The predicted molar refractivity (Wildman–Crippen MR) is 65.1 cm³/mol. The smallest absolute Gasteiger partial charge is 0.0967 e. The first kappa shape index (κ1) is 15.0. The van der Waals surface area contributed by atoms with E-state index in [0.29, 0.717) is 12.8 Å². The Morgan fingerprint density at radius 1 is 0.875 bits per heavy atom. The first-order valence-electron chi connectivity index (χ1n) is 4.93. The third kappa shape index (κ3) is 4.01. The van der Waals surface area contributed by atoms with Crippen LogP contribution >= 0.6 is 42.1 Å². The molecule has 100 valence electrons. The van der Waals surface area contributed by atoms with Gasteiger partial charge in [-0.15, -0.1) is 0 Å². The van der Waals surface area contributed by atoms with E-state index in [9.17, 15) is 19.4 Å². The van der Waals surface area contributed by atoms with Gasteiger partial charge in [0, 0.05) is 4.83 Å². The van der Waals surface area contributed by atoms with Crippen LogP contribution < -0.4 is 0 Å². The van der Waals surface area contributed by atoms with E-state index in [1.165, 1.54) is 0 Å². The first-order chi connectivity index (χ1) is 6.91. The minimum Gasteiger partial charge on any atom is -0.0967 e. The van der Waals surface area contributed by atoms with Crippen molar-refractivity contribution in [1.29, 1.82) is 0 Å². The third-order valence-electron chi connectivity index (χ3n) is 2.78. The van der Waals surface area contributed by atoms with Crippen LogP contribution in [0, 0.1) is 5.92 Å². The molecule has 2 unspecified atom stereocenters. The molecule has 1 fully saturated rings. The summed E-state index contributed by atoms with van der Waals surface area (Å²) in [6.45, 7) is 0. The Bertz CT molecular complexity index is 257. The van der Waals surface area contributed by atoms with Crippen LogP contribution in [0.15, 0.2) is 0 Å². The van der Waals surface area contributed by atoms with Gasteiger partial charge in [-0.3, -0.25) is 0 Å². The Hall–Kier alpha value is 0.960. The Labute approximate surface area is 108 Å². The van der Waals surface area contributed by atoms with Gasteiger partial charge in [-0.25, -0.2) is 0 Å². The molecule has 0 spiro atoms. The van der Waals surface area contributed by atoms with Crippen molar-refractivity contribution in [3.63, 3.8) is 0 Å². The van der Waals surface area contributed by atoms with E-state index in [1.54, 1.807) is 0 Å². The standard InChI is InChI=1S/C8H13Br2F5S/c9-7(6-4-2-1-3-5-6)8(10)16(11,12,13,14)15/h6-8H,1-5H2. The maximum Gasteiger partial charge on any atom is 0.297 e. The number of hydrogen-bond donors (Lipinski definition) is 0. The second-order valence-corrected chi connectivity index (χ2v) is 9.44. The Morgan fingerprint density at radius 2 is 1.31 bits per heavy atom.